The largest absolute Gasteiger partial charge is 0.497 e. The molecule has 1 unspecified atom stereocenters. The van der Waals surface area contributed by atoms with Crippen LogP contribution in [0.25, 0.3) is 0 Å². The van der Waals surface area contributed by atoms with Gasteiger partial charge >= 0.3 is 0 Å². The zero-order valence-corrected chi connectivity index (χ0v) is 20.1. The average molecular weight is 498 g/mol. The first-order valence-corrected chi connectivity index (χ1v) is 11.9. The van der Waals surface area contributed by atoms with E-state index in [1.165, 1.54) is 12.1 Å². The summed E-state index contributed by atoms with van der Waals surface area (Å²) in [5.41, 5.74) is 1.12. The number of amides is 3. The molecule has 0 saturated heterocycles. The number of methoxy groups -OCH3 is 1. The van der Waals surface area contributed by atoms with E-state index < -0.39 is 17.9 Å². The van der Waals surface area contributed by atoms with Crippen molar-refractivity contribution in [1.82, 2.24) is 16.0 Å². The normalized spacial score (nSPS) is 11.4. The van der Waals surface area contributed by atoms with Crippen LogP contribution in [0.5, 0.6) is 5.75 Å². The third-order valence-corrected chi connectivity index (χ3v) is 5.67. The first-order valence-electron chi connectivity index (χ1n) is 9.76. The second-order valence-corrected chi connectivity index (χ2v) is 8.60. The smallest absolute Gasteiger partial charge is 0.253 e. The molecule has 172 valence electrons. The summed E-state index contributed by atoms with van der Waals surface area (Å²) in [6.45, 7) is 0.114. The monoisotopic (exact) mass is 497 g/mol. The van der Waals surface area contributed by atoms with Crippen molar-refractivity contribution in [3.8, 4) is 5.75 Å². The molecule has 0 aliphatic heterocycles. The van der Waals surface area contributed by atoms with Gasteiger partial charge in [-0.05, 0) is 54.3 Å². The van der Waals surface area contributed by atoms with E-state index in [9.17, 15) is 14.4 Å². The zero-order chi connectivity index (χ0) is 23.5. The molecule has 0 spiro atoms. The van der Waals surface area contributed by atoms with Gasteiger partial charge in [-0.2, -0.15) is 11.8 Å². The van der Waals surface area contributed by atoms with Crippen LogP contribution in [0.1, 0.15) is 22.3 Å². The highest BCUT2D eigenvalue weighted by atomic mass is 35.5. The molecular weight excluding hydrogens is 473 g/mol. The van der Waals surface area contributed by atoms with Crippen LogP contribution in [0, 0.1) is 0 Å². The average Bonchev–Trinajstić information content (AvgIpc) is 2.78. The van der Waals surface area contributed by atoms with E-state index in [-0.39, 0.29) is 23.0 Å². The standard InChI is InChI=1S/C22H25Cl2N3O4S/c1-31-16-6-3-14(4-7-16)12-25-20(28)13-26-22(30)19(9-10-32-2)27-21(29)17-8-5-15(23)11-18(17)24/h3-8,11,19H,9-10,12-13H2,1-2H3,(H,25,28)(H,26,30)(H,27,29). The fourth-order valence-electron chi connectivity index (χ4n) is 2.71. The molecule has 0 radical (unpaired) electrons. The first kappa shape index (κ1) is 25.8. The maximum atomic E-state index is 12.6. The lowest BCUT2D eigenvalue weighted by atomic mass is 10.1. The predicted molar refractivity (Wildman–Crippen MR) is 129 cm³/mol. The van der Waals surface area contributed by atoms with Gasteiger partial charge in [0.2, 0.25) is 11.8 Å². The van der Waals surface area contributed by atoms with Gasteiger partial charge in [0, 0.05) is 11.6 Å². The van der Waals surface area contributed by atoms with Crippen molar-refractivity contribution in [3.05, 3.63) is 63.6 Å². The lowest BCUT2D eigenvalue weighted by Gasteiger charge is -2.18. The van der Waals surface area contributed by atoms with Crippen LogP contribution in [-0.2, 0) is 16.1 Å². The number of rotatable bonds is 11. The second kappa shape index (κ2) is 13.2. The summed E-state index contributed by atoms with van der Waals surface area (Å²) in [7, 11) is 1.58. The molecule has 0 bridgehead atoms. The number of ether oxygens (including phenoxy) is 1. The van der Waals surface area contributed by atoms with Crippen molar-refractivity contribution in [2.45, 2.75) is 19.0 Å². The minimum absolute atomic E-state index is 0.192. The fourth-order valence-corrected chi connectivity index (χ4v) is 3.68. The lowest BCUT2D eigenvalue weighted by molar-refractivity contribution is -0.127. The van der Waals surface area contributed by atoms with E-state index in [0.29, 0.717) is 23.7 Å². The lowest BCUT2D eigenvalue weighted by Crippen LogP contribution is -2.49. The number of thioether (sulfide) groups is 1. The Hall–Kier alpha value is -2.42. The molecular formula is C22H25Cl2N3O4S. The van der Waals surface area contributed by atoms with Crippen LogP contribution < -0.4 is 20.7 Å². The van der Waals surface area contributed by atoms with Gasteiger partial charge < -0.3 is 20.7 Å². The first-order chi connectivity index (χ1) is 15.3. The molecule has 0 aromatic heterocycles. The Labute approximate surface area is 201 Å². The quantitative estimate of drug-likeness (QED) is 0.442. The van der Waals surface area contributed by atoms with Gasteiger partial charge in [-0.1, -0.05) is 35.3 Å². The second-order valence-electron chi connectivity index (χ2n) is 6.77. The van der Waals surface area contributed by atoms with E-state index in [1.807, 2.05) is 18.4 Å². The van der Waals surface area contributed by atoms with Crippen molar-refractivity contribution < 1.29 is 19.1 Å². The number of hydrogen-bond acceptors (Lipinski definition) is 5. The van der Waals surface area contributed by atoms with Gasteiger partial charge in [0.1, 0.15) is 11.8 Å². The molecule has 32 heavy (non-hydrogen) atoms. The summed E-state index contributed by atoms with van der Waals surface area (Å²) in [4.78, 5) is 37.3. The summed E-state index contributed by atoms with van der Waals surface area (Å²) >= 11 is 13.5. The van der Waals surface area contributed by atoms with Crippen LogP contribution in [0.15, 0.2) is 42.5 Å². The Bertz CT molecular complexity index is 941. The third kappa shape index (κ3) is 8.26. The molecule has 1 atom stereocenters. The number of nitrogens with one attached hydrogen (secondary N) is 3. The summed E-state index contributed by atoms with van der Waals surface area (Å²) in [6, 6.07) is 11.0. The van der Waals surface area contributed by atoms with Gasteiger partial charge in [-0.25, -0.2) is 0 Å². The molecule has 0 saturated carbocycles. The number of hydrogen-bond donors (Lipinski definition) is 3. The number of carbonyl (C=O) groups is 3. The molecule has 0 aliphatic rings. The molecule has 0 fully saturated rings. The Morgan fingerprint density at radius 2 is 1.78 bits per heavy atom. The molecule has 7 nitrogen and oxygen atoms in total. The van der Waals surface area contributed by atoms with Crippen LogP contribution in [0.4, 0.5) is 0 Å². The van der Waals surface area contributed by atoms with Gasteiger partial charge in [0.05, 0.1) is 24.2 Å². The minimum atomic E-state index is -0.809. The van der Waals surface area contributed by atoms with Gasteiger partial charge in [-0.15, -0.1) is 0 Å². The number of benzene rings is 2. The Balaban J connectivity index is 1.89. The highest BCUT2D eigenvalue weighted by Gasteiger charge is 2.22. The molecule has 2 rings (SSSR count). The van der Waals surface area contributed by atoms with Crippen LogP contribution in [-0.4, -0.2) is 49.4 Å². The number of halogens is 2. The molecule has 10 heteroatoms. The Morgan fingerprint density at radius 1 is 1.06 bits per heavy atom. The topological polar surface area (TPSA) is 96.5 Å². The Morgan fingerprint density at radius 3 is 2.41 bits per heavy atom. The van der Waals surface area contributed by atoms with Gasteiger partial charge in [0.15, 0.2) is 0 Å². The maximum Gasteiger partial charge on any atom is 0.253 e. The third-order valence-electron chi connectivity index (χ3n) is 4.48. The van der Waals surface area contributed by atoms with Gasteiger partial charge in [-0.3, -0.25) is 14.4 Å². The minimum Gasteiger partial charge on any atom is -0.497 e. The Kier molecular flexibility index (Phi) is 10.7. The van der Waals surface area contributed by atoms with Crippen molar-refractivity contribution in [1.29, 1.82) is 0 Å². The van der Waals surface area contributed by atoms with Crippen molar-refractivity contribution in [3.63, 3.8) is 0 Å². The highest BCUT2D eigenvalue weighted by Crippen LogP contribution is 2.21. The summed E-state index contributed by atoms with van der Waals surface area (Å²) in [5.74, 6) is 0.0977. The summed E-state index contributed by atoms with van der Waals surface area (Å²) < 4.78 is 5.10. The predicted octanol–water partition coefficient (Wildman–Crippen LogP) is 3.29. The van der Waals surface area contributed by atoms with Crippen LogP contribution >= 0.6 is 35.0 Å². The zero-order valence-electron chi connectivity index (χ0n) is 17.7. The summed E-state index contributed by atoms with van der Waals surface area (Å²) in [6.07, 6.45) is 2.30. The molecule has 3 amide bonds. The van der Waals surface area contributed by atoms with E-state index >= 15 is 0 Å². The SMILES string of the molecule is COc1ccc(CNC(=O)CNC(=O)C(CCSC)NC(=O)c2ccc(Cl)cc2Cl)cc1. The number of carbonyl (C=O) groups excluding carboxylic acids is 3. The van der Waals surface area contributed by atoms with Gasteiger partial charge in [0.25, 0.3) is 5.91 Å². The van der Waals surface area contributed by atoms with Crippen molar-refractivity contribution in [2.24, 2.45) is 0 Å². The molecule has 3 N–H and O–H groups in total. The highest BCUT2D eigenvalue weighted by molar-refractivity contribution is 7.98. The fraction of sp³-hybridized carbons (Fsp3) is 0.318. The van der Waals surface area contributed by atoms with E-state index in [1.54, 1.807) is 37.1 Å². The van der Waals surface area contributed by atoms with E-state index in [2.05, 4.69) is 16.0 Å². The molecule has 2 aromatic rings. The molecule has 2 aromatic carbocycles. The molecule has 0 aliphatic carbocycles. The summed E-state index contributed by atoms with van der Waals surface area (Å²) in [5, 5.41) is 8.60. The van der Waals surface area contributed by atoms with E-state index in [4.69, 9.17) is 27.9 Å². The van der Waals surface area contributed by atoms with Crippen LogP contribution in [0.2, 0.25) is 10.0 Å². The van der Waals surface area contributed by atoms with Crippen molar-refractivity contribution in [2.75, 3.05) is 25.7 Å². The van der Waals surface area contributed by atoms with Crippen molar-refractivity contribution >= 4 is 52.7 Å². The van der Waals surface area contributed by atoms with E-state index in [0.717, 1.165) is 11.3 Å². The van der Waals surface area contributed by atoms with Crippen LogP contribution in [0.3, 0.4) is 0 Å². The molecule has 0 heterocycles. The maximum absolute atomic E-state index is 12.6.